The van der Waals surface area contributed by atoms with Crippen LogP contribution in [0.1, 0.15) is 11.1 Å². The van der Waals surface area contributed by atoms with Gasteiger partial charge in [0.1, 0.15) is 11.0 Å². The van der Waals surface area contributed by atoms with Crippen LogP contribution in [-0.2, 0) is 0 Å². The van der Waals surface area contributed by atoms with Crippen LogP contribution in [0.5, 0.6) is 0 Å². The second kappa shape index (κ2) is 20.3. The van der Waals surface area contributed by atoms with Crippen molar-refractivity contribution < 1.29 is 8.83 Å². The summed E-state index contributed by atoms with van der Waals surface area (Å²) in [5, 5.41) is 0. The van der Waals surface area contributed by atoms with E-state index < -0.39 is 0 Å². The van der Waals surface area contributed by atoms with E-state index in [1.807, 2.05) is 60.7 Å². The van der Waals surface area contributed by atoms with Crippen molar-refractivity contribution in [2.24, 2.45) is 0 Å². The zero-order chi connectivity index (χ0) is 53.5. The van der Waals surface area contributed by atoms with Crippen LogP contribution < -0.4 is 9.80 Å². The Kier molecular flexibility index (Phi) is 12.1. The fourth-order valence-electron chi connectivity index (χ4n) is 10.6. The highest BCUT2D eigenvalue weighted by molar-refractivity contribution is 6.03. The van der Waals surface area contributed by atoms with Gasteiger partial charge in [0.25, 0.3) is 0 Å². The monoisotopic (exact) mass is 1030 g/mol. The van der Waals surface area contributed by atoms with Gasteiger partial charge < -0.3 is 18.6 Å². The van der Waals surface area contributed by atoms with Gasteiger partial charge in [-0.2, -0.15) is 0 Å². The number of benzene rings is 11. The van der Waals surface area contributed by atoms with Crippen LogP contribution in [0.3, 0.4) is 0 Å². The lowest BCUT2D eigenvalue weighted by molar-refractivity contribution is 0.619. The molecule has 0 amide bonds. The molecule has 0 aliphatic heterocycles. The number of nitrogens with zero attached hydrogens (tertiary/aromatic N) is 6. The van der Waals surface area contributed by atoms with Crippen molar-refractivity contribution in [2.45, 2.75) is 13.8 Å². The van der Waals surface area contributed by atoms with Gasteiger partial charge >= 0.3 is 0 Å². The number of oxazole rings is 2. The Morgan fingerprint density at radius 2 is 0.562 bits per heavy atom. The zero-order valence-electron chi connectivity index (χ0n) is 43.9. The van der Waals surface area contributed by atoms with Crippen LogP contribution in [0.25, 0.3) is 101 Å². The molecule has 80 heavy (non-hydrogen) atoms. The molecule has 380 valence electrons. The predicted octanol–water partition coefficient (Wildman–Crippen LogP) is 19.5. The number of aromatic nitrogens is 4. The summed E-state index contributed by atoms with van der Waals surface area (Å²) in [6, 6.07) is 92.4. The number of hydrogen-bond acceptors (Lipinski definition) is 8. The summed E-state index contributed by atoms with van der Waals surface area (Å²) in [7, 11) is 0. The highest BCUT2D eigenvalue weighted by Gasteiger charge is 2.22. The highest BCUT2D eigenvalue weighted by Crippen LogP contribution is 2.43. The Morgan fingerprint density at radius 1 is 0.263 bits per heavy atom. The molecule has 0 N–H and O–H groups in total. The van der Waals surface area contributed by atoms with Crippen molar-refractivity contribution in [3.05, 3.63) is 278 Å². The molecule has 0 bridgehead atoms. The highest BCUT2D eigenvalue weighted by atomic mass is 16.4. The standard InChI is InChI=1S/C72H50N6O2/c1-47-21-25-49(26-22-47)61-45-46-62(50-27-23-48(2)24-28-50)70-69(61)75-67(51-29-37-57(38-30-51)77(55-13-5-3-6-14-55)59-41-33-53(34-42-59)71-73-63-17-9-11-19-65(63)79-71)68(76-70)52-31-39-58(40-32-52)78(56-15-7-4-8-16-56)60-43-35-54(36-44-60)72-74-64-18-10-12-20-66(64)80-72/h3-46H,1-2H3. The van der Waals surface area contributed by atoms with E-state index in [0.29, 0.717) is 11.8 Å². The summed E-state index contributed by atoms with van der Waals surface area (Å²) >= 11 is 0. The first kappa shape index (κ1) is 47.7. The lowest BCUT2D eigenvalue weighted by Gasteiger charge is -2.26. The lowest BCUT2D eigenvalue weighted by Crippen LogP contribution is -2.10. The van der Waals surface area contributed by atoms with Crippen molar-refractivity contribution in [3.63, 3.8) is 0 Å². The Balaban J connectivity index is 0.896. The number of rotatable bonds is 12. The fourth-order valence-corrected chi connectivity index (χ4v) is 10.6. The van der Waals surface area contributed by atoms with E-state index in [0.717, 1.165) is 123 Å². The molecule has 0 saturated heterocycles. The minimum absolute atomic E-state index is 0.587. The van der Waals surface area contributed by atoms with Crippen molar-refractivity contribution in [2.75, 3.05) is 9.80 Å². The quantitative estimate of drug-likeness (QED) is 0.120. The zero-order valence-corrected chi connectivity index (χ0v) is 43.9. The molecular formula is C72H50N6O2. The van der Waals surface area contributed by atoms with Gasteiger partial charge in [-0.15, -0.1) is 0 Å². The Labute approximate surface area is 463 Å². The van der Waals surface area contributed by atoms with Crippen LogP contribution in [0.4, 0.5) is 34.1 Å². The van der Waals surface area contributed by atoms with Crippen LogP contribution in [0.15, 0.2) is 276 Å². The molecule has 8 nitrogen and oxygen atoms in total. The van der Waals surface area contributed by atoms with Gasteiger partial charge in [0.05, 0.1) is 22.4 Å². The SMILES string of the molecule is Cc1ccc(-c2ccc(-c3ccc(C)cc3)c3nc(-c4ccc(N(c5ccccc5)c5ccc(-c6nc7ccccc7o6)cc5)cc4)c(-c4ccc(N(c5ccccc5)c5ccc(-c6nc7ccccc7o6)cc5)cc4)nc23)cc1. The number of para-hydroxylation sites is 6. The summed E-state index contributed by atoms with van der Waals surface area (Å²) in [6.07, 6.45) is 0. The van der Waals surface area contributed by atoms with E-state index in [-0.39, 0.29) is 0 Å². The average Bonchev–Trinajstić information content (AvgIpc) is 4.20. The van der Waals surface area contributed by atoms with E-state index in [4.69, 9.17) is 28.8 Å². The maximum absolute atomic E-state index is 6.15. The molecular weight excluding hydrogens is 981 g/mol. The van der Waals surface area contributed by atoms with Crippen molar-refractivity contribution in [1.29, 1.82) is 0 Å². The van der Waals surface area contributed by atoms with Gasteiger partial charge in [0.2, 0.25) is 11.8 Å². The maximum Gasteiger partial charge on any atom is 0.227 e. The molecule has 3 heterocycles. The third-order valence-corrected chi connectivity index (χ3v) is 14.7. The van der Waals surface area contributed by atoms with E-state index in [9.17, 15) is 0 Å². The first-order valence-electron chi connectivity index (χ1n) is 26.8. The normalized spacial score (nSPS) is 11.4. The fraction of sp³-hybridized carbons (Fsp3) is 0.0278. The Hall–Kier alpha value is -10.7. The van der Waals surface area contributed by atoms with E-state index in [1.54, 1.807) is 0 Å². The first-order chi connectivity index (χ1) is 39.4. The molecule has 0 radical (unpaired) electrons. The minimum atomic E-state index is 0.587. The van der Waals surface area contributed by atoms with Crippen LogP contribution in [0, 0.1) is 13.8 Å². The van der Waals surface area contributed by atoms with E-state index in [2.05, 4.69) is 230 Å². The van der Waals surface area contributed by atoms with Crippen LogP contribution in [0.2, 0.25) is 0 Å². The molecule has 14 rings (SSSR count). The second-order valence-electron chi connectivity index (χ2n) is 20.0. The van der Waals surface area contributed by atoms with Gasteiger partial charge in [-0.05, 0) is 146 Å². The van der Waals surface area contributed by atoms with Gasteiger partial charge in [0.15, 0.2) is 11.2 Å². The molecule has 0 saturated carbocycles. The number of anilines is 6. The molecule has 0 spiro atoms. The lowest BCUT2D eigenvalue weighted by atomic mass is 9.95. The van der Waals surface area contributed by atoms with E-state index in [1.165, 1.54) is 11.1 Å². The summed E-state index contributed by atoms with van der Waals surface area (Å²) in [5.41, 5.74) is 22.6. The smallest absolute Gasteiger partial charge is 0.227 e. The molecule has 0 unspecified atom stereocenters. The number of aryl methyl sites for hydroxylation is 2. The minimum Gasteiger partial charge on any atom is -0.436 e. The molecule has 14 aromatic rings. The molecule has 11 aromatic carbocycles. The average molecular weight is 1030 g/mol. The molecule has 0 aliphatic rings. The third kappa shape index (κ3) is 9.10. The van der Waals surface area contributed by atoms with Gasteiger partial charge in [-0.1, -0.05) is 157 Å². The largest absolute Gasteiger partial charge is 0.436 e. The first-order valence-corrected chi connectivity index (χ1v) is 26.8. The summed E-state index contributed by atoms with van der Waals surface area (Å²) < 4.78 is 12.3. The summed E-state index contributed by atoms with van der Waals surface area (Å²) in [6.45, 7) is 4.23. The van der Waals surface area contributed by atoms with Crippen LogP contribution >= 0.6 is 0 Å². The topological polar surface area (TPSA) is 84.3 Å². The van der Waals surface area contributed by atoms with Gasteiger partial charge in [-0.3, -0.25) is 0 Å². The summed E-state index contributed by atoms with van der Waals surface area (Å²) in [5.74, 6) is 1.17. The molecule has 0 atom stereocenters. The molecule has 3 aromatic heterocycles. The molecule has 8 heteroatoms. The number of fused-ring (bicyclic) bond motifs is 3. The van der Waals surface area contributed by atoms with Crippen molar-refractivity contribution in [3.8, 4) is 67.7 Å². The van der Waals surface area contributed by atoms with Crippen molar-refractivity contribution >= 4 is 67.4 Å². The predicted molar refractivity (Wildman–Crippen MR) is 326 cm³/mol. The third-order valence-electron chi connectivity index (χ3n) is 14.7. The van der Waals surface area contributed by atoms with E-state index >= 15 is 0 Å². The summed E-state index contributed by atoms with van der Waals surface area (Å²) in [4.78, 5) is 25.6. The Morgan fingerprint density at radius 3 is 0.912 bits per heavy atom. The second-order valence-corrected chi connectivity index (χ2v) is 20.0. The van der Waals surface area contributed by atoms with Gasteiger partial charge in [-0.25, -0.2) is 19.9 Å². The van der Waals surface area contributed by atoms with Crippen LogP contribution in [-0.4, -0.2) is 19.9 Å². The molecule has 0 aliphatic carbocycles. The van der Waals surface area contributed by atoms with Crippen molar-refractivity contribution in [1.82, 2.24) is 19.9 Å². The Bertz CT molecular complexity index is 4140. The number of hydrogen-bond donors (Lipinski definition) is 0. The molecule has 0 fully saturated rings. The maximum atomic E-state index is 6.15. The van der Waals surface area contributed by atoms with Gasteiger partial charge in [0, 0.05) is 67.5 Å².